The predicted molar refractivity (Wildman–Crippen MR) is 92.2 cm³/mol. The highest BCUT2D eigenvalue weighted by Gasteiger charge is 2.38. The maximum absolute atomic E-state index is 13.3. The van der Waals surface area contributed by atoms with Crippen LogP contribution in [-0.4, -0.2) is 11.4 Å². The van der Waals surface area contributed by atoms with Crippen LogP contribution in [0.1, 0.15) is 44.4 Å². The average molecular weight is 295 g/mol. The van der Waals surface area contributed by atoms with Crippen LogP contribution in [0.2, 0.25) is 0 Å². The minimum Gasteiger partial charge on any atom is -0.302 e. The van der Waals surface area contributed by atoms with Crippen LogP contribution in [0.3, 0.4) is 0 Å². The van der Waals surface area contributed by atoms with Gasteiger partial charge in [0, 0.05) is 16.8 Å². The molecular formula is C20H25NO. The van der Waals surface area contributed by atoms with Crippen molar-refractivity contribution in [2.24, 2.45) is 5.92 Å². The van der Waals surface area contributed by atoms with Gasteiger partial charge < -0.3 is 4.90 Å². The molecule has 2 heterocycles. The van der Waals surface area contributed by atoms with E-state index < -0.39 is 0 Å². The van der Waals surface area contributed by atoms with Gasteiger partial charge in [0.15, 0.2) is 0 Å². The third-order valence-electron chi connectivity index (χ3n) is 5.14. The van der Waals surface area contributed by atoms with Crippen molar-refractivity contribution in [1.29, 1.82) is 0 Å². The number of carbonyl (C=O) groups excluding carboxylic acids is 1. The second kappa shape index (κ2) is 4.84. The lowest BCUT2D eigenvalue weighted by Crippen LogP contribution is -2.49. The van der Waals surface area contributed by atoms with Crippen LogP contribution in [0.4, 0.5) is 5.69 Å². The highest BCUT2D eigenvalue weighted by atomic mass is 16.2. The summed E-state index contributed by atoms with van der Waals surface area (Å²) >= 11 is 0. The zero-order valence-corrected chi connectivity index (χ0v) is 14.4. The van der Waals surface area contributed by atoms with Crippen molar-refractivity contribution < 1.29 is 4.79 Å². The van der Waals surface area contributed by atoms with Crippen LogP contribution in [0.5, 0.6) is 0 Å². The number of benzene rings is 1. The third kappa shape index (κ3) is 2.13. The maximum Gasteiger partial charge on any atom is 0.258 e. The van der Waals surface area contributed by atoms with Crippen molar-refractivity contribution >= 4 is 11.6 Å². The molecule has 1 aliphatic carbocycles. The van der Waals surface area contributed by atoms with Gasteiger partial charge in [0.2, 0.25) is 0 Å². The quantitative estimate of drug-likeness (QED) is 0.747. The summed E-state index contributed by atoms with van der Waals surface area (Å²) in [5, 5.41) is 0. The fourth-order valence-electron chi connectivity index (χ4n) is 3.84. The number of hydrogen-bond donors (Lipinski definition) is 0. The molecule has 1 amide bonds. The topological polar surface area (TPSA) is 20.3 Å². The molecule has 0 aromatic heterocycles. The second-order valence-electron chi connectivity index (χ2n) is 7.41. The Morgan fingerprint density at radius 1 is 1.14 bits per heavy atom. The van der Waals surface area contributed by atoms with Crippen molar-refractivity contribution in [3.05, 3.63) is 52.1 Å². The molecule has 2 heteroatoms. The smallest absolute Gasteiger partial charge is 0.258 e. The maximum atomic E-state index is 13.3. The first-order valence-corrected chi connectivity index (χ1v) is 8.06. The molecule has 2 aliphatic heterocycles. The van der Waals surface area contributed by atoms with E-state index in [1.54, 1.807) is 0 Å². The second-order valence-corrected chi connectivity index (χ2v) is 7.41. The van der Waals surface area contributed by atoms with Gasteiger partial charge in [0.25, 0.3) is 5.91 Å². The summed E-state index contributed by atoms with van der Waals surface area (Å²) < 4.78 is 0. The van der Waals surface area contributed by atoms with E-state index in [1.807, 2.05) is 11.8 Å². The van der Waals surface area contributed by atoms with Gasteiger partial charge in [-0.1, -0.05) is 25.1 Å². The SMILES string of the molecule is CC1=CC(C)C=C1C(=O)N1c2ccc(c(C)c2C)CC1(C)C. The number of allylic oxidation sites excluding steroid dienone is 2. The minimum atomic E-state index is -0.211. The van der Waals surface area contributed by atoms with E-state index in [0.717, 1.165) is 23.3 Å². The van der Waals surface area contributed by atoms with Crippen molar-refractivity contribution in [3.8, 4) is 0 Å². The monoisotopic (exact) mass is 295 g/mol. The summed E-state index contributed by atoms with van der Waals surface area (Å²) in [6.07, 6.45) is 5.15. The van der Waals surface area contributed by atoms with E-state index in [9.17, 15) is 4.79 Å². The number of hydrogen-bond acceptors (Lipinski definition) is 1. The number of amides is 1. The summed E-state index contributed by atoms with van der Waals surface area (Å²) in [6, 6.07) is 4.29. The zero-order chi connectivity index (χ0) is 16.2. The molecule has 0 saturated carbocycles. The van der Waals surface area contributed by atoms with Gasteiger partial charge in [0.05, 0.1) is 0 Å². The third-order valence-corrected chi connectivity index (χ3v) is 5.14. The predicted octanol–water partition coefficient (Wildman–Crippen LogP) is 4.49. The highest BCUT2D eigenvalue weighted by Crippen LogP contribution is 2.40. The number of nitrogens with zero attached hydrogens (tertiary/aromatic N) is 1. The Morgan fingerprint density at radius 3 is 2.41 bits per heavy atom. The van der Waals surface area contributed by atoms with E-state index in [2.05, 4.69) is 58.9 Å². The number of carbonyl (C=O) groups is 1. The Hall–Kier alpha value is -1.83. The molecule has 4 rings (SSSR count). The Kier molecular flexibility index (Phi) is 3.32. The molecule has 1 atom stereocenters. The van der Waals surface area contributed by atoms with Crippen LogP contribution < -0.4 is 4.90 Å². The van der Waals surface area contributed by atoms with E-state index in [4.69, 9.17) is 0 Å². The van der Waals surface area contributed by atoms with Crippen LogP contribution in [0, 0.1) is 19.8 Å². The van der Waals surface area contributed by atoms with Crippen LogP contribution in [0.15, 0.2) is 35.4 Å². The molecule has 2 bridgehead atoms. The molecule has 1 aromatic carbocycles. The van der Waals surface area contributed by atoms with E-state index in [1.165, 1.54) is 16.7 Å². The van der Waals surface area contributed by atoms with Crippen LogP contribution >= 0.6 is 0 Å². The Labute approximate surface area is 133 Å². The number of fused-ring (bicyclic) bond motifs is 4. The molecule has 116 valence electrons. The van der Waals surface area contributed by atoms with Crippen molar-refractivity contribution in [1.82, 2.24) is 0 Å². The summed E-state index contributed by atoms with van der Waals surface area (Å²) in [6.45, 7) is 12.8. The van der Waals surface area contributed by atoms with Gasteiger partial charge >= 0.3 is 0 Å². The first-order valence-electron chi connectivity index (χ1n) is 8.06. The molecule has 0 saturated heterocycles. The standard InChI is InChI=1S/C20H25NO/c1-12-9-13(2)17(10-12)19(22)21-18-8-7-16(11-20(21,5)6)14(3)15(18)4/h7-10,12H,11H2,1-6H3. The zero-order valence-electron chi connectivity index (χ0n) is 14.4. The molecule has 3 aliphatic rings. The normalized spacial score (nSPS) is 22.5. The fraction of sp³-hybridized carbons (Fsp3) is 0.450. The number of rotatable bonds is 1. The van der Waals surface area contributed by atoms with Crippen LogP contribution in [0.25, 0.3) is 0 Å². The molecule has 1 aromatic rings. The van der Waals surface area contributed by atoms with Gasteiger partial charge in [-0.2, -0.15) is 0 Å². The largest absolute Gasteiger partial charge is 0.302 e. The van der Waals surface area contributed by atoms with Gasteiger partial charge in [-0.3, -0.25) is 4.79 Å². The van der Waals surface area contributed by atoms with E-state index in [0.29, 0.717) is 5.92 Å². The Balaban J connectivity index is 2.12. The fourth-order valence-corrected chi connectivity index (χ4v) is 3.84. The minimum absolute atomic E-state index is 0.137. The van der Waals surface area contributed by atoms with E-state index in [-0.39, 0.29) is 11.4 Å². The van der Waals surface area contributed by atoms with Crippen molar-refractivity contribution in [2.75, 3.05) is 4.90 Å². The molecule has 0 N–H and O–H groups in total. The first kappa shape index (κ1) is 15.1. The Bertz CT molecular complexity index is 721. The van der Waals surface area contributed by atoms with Gasteiger partial charge in [-0.15, -0.1) is 0 Å². The van der Waals surface area contributed by atoms with Crippen LogP contribution in [-0.2, 0) is 11.2 Å². The summed E-state index contributed by atoms with van der Waals surface area (Å²) in [7, 11) is 0. The van der Waals surface area contributed by atoms with Crippen molar-refractivity contribution in [3.63, 3.8) is 0 Å². The van der Waals surface area contributed by atoms with Gasteiger partial charge in [0.1, 0.15) is 0 Å². The van der Waals surface area contributed by atoms with Crippen molar-refractivity contribution in [2.45, 2.75) is 53.5 Å². The molecule has 22 heavy (non-hydrogen) atoms. The lowest BCUT2D eigenvalue weighted by molar-refractivity contribution is -0.115. The van der Waals surface area contributed by atoms with Gasteiger partial charge in [-0.25, -0.2) is 0 Å². The van der Waals surface area contributed by atoms with E-state index >= 15 is 0 Å². The first-order chi connectivity index (χ1) is 10.2. The lowest BCUT2D eigenvalue weighted by Gasteiger charge is -2.37. The molecular weight excluding hydrogens is 270 g/mol. The van der Waals surface area contributed by atoms with Gasteiger partial charge in [-0.05, 0) is 75.3 Å². The molecule has 0 radical (unpaired) electrons. The number of anilines is 1. The summed E-state index contributed by atoms with van der Waals surface area (Å²) in [4.78, 5) is 15.3. The summed E-state index contributed by atoms with van der Waals surface area (Å²) in [5.74, 6) is 0.483. The lowest BCUT2D eigenvalue weighted by atomic mass is 9.92. The Morgan fingerprint density at radius 2 is 1.82 bits per heavy atom. The molecule has 0 spiro atoms. The summed E-state index contributed by atoms with van der Waals surface area (Å²) in [5.41, 5.74) is 6.71. The highest BCUT2D eigenvalue weighted by molar-refractivity contribution is 6.10. The molecule has 2 nitrogen and oxygen atoms in total. The molecule has 1 unspecified atom stereocenters. The average Bonchev–Trinajstić information content (AvgIpc) is 2.65. The molecule has 0 fully saturated rings.